The summed E-state index contributed by atoms with van der Waals surface area (Å²) in [5.74, 6) is -0.538. The van der Waals surface area contributed by atoms with E-state index in [0.29, 0.717) is 16.9 Å². The first-order valence-corrected chi connectivity index (χ1v) is 9.72. The lowest BCUT2D eigenvalue weighted by Crippen LogP contribution is -2.30. The lowest BCUT2D eigenvalue weighted by atomic mass is 10.0. The van der Waals surface area contributed by atoms with Gasteiger partial charge in [-0.25, -0.2) is 4.39 Å². The molecule has 0 aliphatic carbocycles. The molecule has 0 spiro atoms. The van der Waals surface area contributed by atoms with Crippen LogP contribution in [0.15, 0.2) is 72.8 Å². The second kappa shape index (κ2) is 8.26. The molecule has 3 aromatic carbocycles. The van der Waals surface area contributed by atoms with Crippen LogP contribution < -0.4 is 10.2 Å². The average molecular weight is 374 g/mol. The van der Waals surface area contributed by atoms with Gasteiger partial charge >= 0.3 is 0 Å². The zero-order chi connectivity index (χ0) is 19.3. The molecule has 3 aromatic rings. The molecule has 0 unspecified atom stereocenters. The lowest BCUT2D eigenvalue weighted by Gasteiger charge is -2.29. The zero-order valence-electron chi connectivity index (χ0n) is 15.7. The number of benzene rings is 3. The lowest BCUT2D eigenvalue weighted by molar-refractivity contribution is 0.102. The molecular weight excluding hydrogens is 351 g/mol. The normalized spacial score (nSPS) is 14.0. The number of piperidine rings is 1. The van der Waals surface area contributed by atoms with Crippen molar-refractivity contribution in [3.05, 3.63) is 84.2 Å². The number of nitrogens with zero attached hydrogens (tertiary/aromatic N) is 1. The Labute approximate surface area is 164 Å². The van der Waals surface area contributed by atoms with Gasteiger partial charge in [-0.05, 0) is 60.7 Å². The Morgan fingerprint density at radius 2 is 1.50 bits per heavy atom. The fourth-order valence-corrected chi connectivity index (χ4v) is 3.62. The highest BCUT2D eigenvalue weighted by molar-refractivity contribution is 6.04. The van der Waals surface area contributed by atoms with Gasteiger partial charge in [0.25, 0.3) is 5.91 Å². The van der Waals surface area contributed by atoms with E-state index in [4.69, 9.17) is 0 Å². The van der Waals surface area contributed by atoms with E-state index in [2.05, 4.69) is 10.2 Å². The van der Waals surface area contributed by atoms with Crippen LogP contribution in [-0.2, 0) is 0 Å². The van der Waals surface area contributed by atoms with Crippen molar-refractivity contribution in [1.29, 1.82) is 0 Å². The SMILES string of the molecule is O=C(Nc1ccc(N2CCCCC2)c(F)c1)c1ccc(-c2ccccc2)cc1. The Kier molecular flexibility index (Phi) is 5.38. The zero-order valence-corrected chi connectivity index (χ0v) is 15.7. The minimum Gasteiger partial charge on any atom is -0.369 e. The van der Waals surface area contributed by atoms with E-state index >= 15 is 0 Å². The van der Waals surface area contributed by atoms with Crippen LogP contribution in [0.2, 0.25) is 0 Å². The number of carbonyl (C=O) groups excluding carboxylic acids is 1. The van der Waals surface area contributed by atoms with Crippen LogP contribution in [0.25, 0.3) is 11.1 Å². The van der Waals surface area contributed by atoms with Gasteiger partial charge in [-0.1, -0.05) is 42.5 Å². The molecule has 28 heavy (non-hydrogen) atoms. The van der Waals surface area contributed by atoms with Gasteiger partial charge in [0.1, 0.15) is 5.82 Å². The standard InChI is InChI=1S/C24H23FN2O/c25-22-17-21(13-14-23(22)27-15-5-2-6-16-27)26-24(28)20-11-9-19(10-12-20)18-7-3-1-4-8-18/h1,3-4,7-14,17H,2,5-6,15-16H2,(H,26,28). The minimum absolute atomic E-state index is 0.246. The van der Waals surface area contributed by atoms with Crippen molar-refractivity contribution in [2.75, 3.05) is 23.3 Å². The van der Waals surface area contributed by atoms with Crippen molar-refractivity contribution in [2.24, 2.45) is 0 Å². The molecule has 1 fully saturated rings. The van der Waals surface area contributed by atoms with Gasteiger partial charge in [0.2, 0.25) is 0 Å². The average Bonchev–Trinajstić information content (AvgIpc) is 2.75. The molecule has 1 aliphatic rings. The highest BCUT2D eigenvalue weighted by Gasteiger charge is 2.15. The monoisotopic (exact) mass is 374 g/mol. The molecule has 3 nitrogen and oxygen atoms in total. The van der Waals surface area contributed by atoms with E-state index in [0.717, 1.165) is 37.1 Å². The van der Waals surface area contributed by atoms with Crippen LogP contribution in [0, 0.1) is 5.82 Å². The van der Waals surface area contributed by atoms with Gasteiger partial charge in [-0.3, -0.25) is 4.79 Å². The largest absolute Gasteiger partial charge is 0.369 e. The van der Waals surface area contributed by atoms with Crippen LogP contribution in [0.5, 0.6) is 0 Å². The molecule has 1 heterocycles. The van der Waals surface area contributed by atoms with Crippen molar-refractivity contribution in [2.45, 2.75) is 19.3 Å². The van der Waals surface area contributed by atoms with Gasteiger partial charge < -0.3 is 10.2 Å². The molecule has 142 valence electrons. The number of hydrogen-bond acceptors (Lipinski definition) is 2. The number of nitrogens with one attached hydrogen (secondary N) is 1. The maximum Gasteiger partial charge on any atom is 0.255 e. The molecule has 0 aromatic heterocycles. The summed E-state index contributed by atoms with van der Waals surface area (Å²) in [7, 11) is 0. The predicted molar refractivity (Wildman–Crippen MR) is 112 cm³/mol. The molecule has 0 atom stereocenters. The Hall–Kier alpha value is -3.14. The van der Waals surface area contributed by atoms with Crippen LogP contribution in [0.3, 0.4) is 0 Å². The molecule has 1 N–H and O–H groups in total. The quantitative estimate of drug-likeness (QED) is 0.632. The smallest absolute Gasteiger partial charge is 0.255 e. The van der Waals surface area contributed by atoms with Crippen molar-refractivity contribution < 1.29 is 9.18 Å². The second-order valence-corrected chi connectivity index (χ2v) is 7.11. The molecule has 0 saturated carbocycles. The number of rotatable bonds is 4. The molecule has 1 saturated heterocycles. The third-order valence-electron chi connectivity index (χ3n) is 5.16. The molecule has 4 heteroatoms. The highest BCUT2D eigenvalue weighted by atomic mass is 19.1. The fourth-order valence-electron chi connectivity index (χ4n) is 3.62. The topological polar surface area (TPSA) is 32.3 Å². The van der Waals surface area contributed by atoms with E-state index < -0.39 is 0 Å². The van der Waals surface area contributed by atoms with E-state index in [-0.39, 0.29) is 11.7 Å². The second-order valence-electron chi connectivity index (χ2n) is 7.11. The number of amides is 1. The van der Waals surface area contributed by atoms with Gasteiger partial charge in [-0.15, -0.1) is 0 Å². The fraction of sp³-hybridized carbons (Fsp3) is 0.208. The van der Waals surface area contributed by atoms with Crippen molar-refractivity contribution in [3.63, 3.8) is 0 Å². The molecular formula is C24H23FN2O. The van der Waals surface area contributed by atoms with Crippen molar-refractivity contribution in [1.82, 2.24) is 0 Å². The van der Waals surface area contributed by atoms with E-state index in [1.54, 1.807) is 24.3 Å². The maximum atomic E-state index is 14.5. The molecule has 1 aliphatic heterocycles. The van der Waals surface area contributed by atoms with E-state index in [9.17, 15) is 9.18 Å². The summed E-state index contributed by atoms with van der Waals surface area (Å²) in [6.45, 7) is 1.77. The summed E-state index contributed by atoms with van der Waals surface area (Å²) in [5, 5.41) is 2.79. The Morgan fingerprint density at radius 3 is 2.18 bits per heavy atom. The number of anilines is 2. The highest BCUT2D eigenvalue weighted by Crippen LogP contribution is 2.26. The van der Waals surface area contributed by atoms with E-state index in [1.807, 2.05) is 42.5 Å². The third kappa shape index (κ3) is 4.06. The Morgan fingerprint density at radius 1 is 0.821 bits per heavy atom. The number of carbonyl (C=O) groups is 1. The van der Waals surface area contributed by atoms with Crippen LogP contribution in [-0.4, -0.2) is 19.0 Å². The molecule has 1 amide bonds. The molecule has 0 radical (unpaired) electrons. The van der Waals surface area contributed by atoms with Crippen LogP contribution in [0.4, 0.5) is 15.8 Å². The Balaban J connectivity index is 1.45. The summed E-state index contributed by atoms with van der Waals surface area (Å²) < 4.78 is 14.5. The molecule has 4 rings (SSSR count). The minimum atomic E-state index is -0.292. The summed E-state index contributed by atoms with van der Waals surface area (Å²) in [6, 6.07) is 22.3. The molecule has 0 bridgehead atoms. The first kappa shape index (κ1) is 18.2. The van der Waals surface area contributed by atoms with Gasteiger partial charge in [0.15, 0.2) is 0 Å². The van der Waals surface area contributed by atoms with Gasteiger partial charge in [-0.2, -0.15) is 0 Å². The number of hydrogen-bond donors (Lipinski definition) is 1. The third-order valence-corrected chi connectivity index (χ3v) is 5.16. The van der Waals surface area contributed by atoms with Crippen molar-refractivity contribution >= 4 is 17.3 Å². The van der Waals surface area contributed by atoms with Gasteiger partial charge in [0.05, 0.1) is 5.69 Å². The summed E-state index contributed by atoms with van der Waals surface area (Å²) >= 11 is 0. The van der Waals surface area contributed by atoms with E-state index in [1.165, 1.54) is 12.5 Å². The first-order valence-electron chi connectivity index (χ1n) is 9.72. The van der Waals surface area contributed by atoms with Crippen molar-refractivity contribution in [3.8, 4) is 11.1 Å². The number of halogens is 1. The summed E-state index contributed by atoms with van der Waals surface area (Å²) in [4.78, 5) is 14.6. The summed E-state index contributed by atoms with van der Waals surface area (Å²) in [6.07, 6.45) is 3.39. The van der Waals surface area contributed by atoms with Crippen LogP contribution in [0.1, 0.15) is 29.6 Å². The Bertz CT molecular complexity index is 948. The van der Waals surface area contributed by atoms with Crippen LogP contribution >= 0.6 is 0 Å². The maximum absolute atomic E-state index is 14.5. The first-order chi connectivity index (χ1) is 13.7. The predicted octanol–water partition coefficient (Wildman–Crippen LogP) is 5.74. The van der Waals surface area contributed by atoms with Gasteiger partial charge in [0, 0.05) is 24.3 Å². The summed E-state index contributed by atoms with van der Waals surface area (Å²) in [5.41, 5.74) is 3.78.